The molecule has 0 bridgehead atoms. The molecule has 0 radical (unpaired) electrons. The van der Waals surface area contributed by atoms with Gasteiger partial charge in [0.05, 0.1) is 12.0 Å². The smallest absolute Gasteiger partial charge is 0.311 e. The van der Waals surface area contributed by atoms with E-state index in [-0.39, 0.29) is 11.4 Å². The molecule has 0 aliphatic heterocycles. The van der Waals surface area contributed by atoms with Crippen LogP contribution in [-0.4, -0.2) is 12.0 Å². The van der Waals surface area contributed by atoms with E-state index in [1.165, 1.54) is 19.2 Å². The van der Waals surface area contributed by atoms with E-state index in [0.29, 0.717) is 16.5 Å². The van der Waals surface area contributed by atoms with Gasteiger partial charge in [0.2, 0.25) is 5.75 Å². The second kappa shape index (κ2) is 5.58. The minimum Gasteiger partial charge on any atom is -0.493 e. The molecule has 0 aromatic heterocycles. The van der Waals surface area contributed by atoms with Crippen LogP contribution in [0.5, 0.6) is 17.2 Å². The molecule has 0 fully saturated rings. The summed E-state index contributed by atoms with van der Waals surface area (Å²) in [6.45, 7) is 0. The standard InChI is InChI=1S/C13H10ClNO4/c1-18-13-8-9(14)6-7-12(13)19-11-5-3-2-4-10(11)15(16)17/h2-8H,1H3. The number of benzene rings is 2. The molecule has 2 aromatic carbocycles. The number of hydrogen-bond acceptors (Lipinski definition) is 4. The van der Waals surface area contributed by atoms with Crippen LogP contribution in [0.1, 0.15) is 0 Å². The summed E-state index contributed by atoms with van der Waals surface area (Å²) in [5, 5.41) is 11.4. The molecule has 0 unspecified atom stereocenters. The van der Waals surface area contributed by atoms with Crippen molar-refractivity contribution in [2.45, 2.75) is 0 Å². The molecule has 0 aliphatic rings. The number of para-hydroxylation sites is 2. The van der Waals surface area contributed by atoms with Crippen molar-refractivity contribution in [1.82, 2.24) is 0 Å². The molecule has 5 nitrogen and oxygen atoms in total. The zero-order chi connectivity index (χ0) is 13.8. The first-order valence-electron chi connectivity index (χ1n) is 5.36. The Morgan fingerprint density at radius 3 is 2.53 bits per heavy atom. The fourth-order valence-corrected chi connectivity index (χ4v) is 1.70. The van der Waals surface area contributed by atoms with Gasteiger partial charge in [0.15, 0.2) is 11.5 Å². The van der Waals surface area contributed by atoms with E-state index in [1.807, 2.05) is 0 Å². The van der Waals surface area contributed by atoms with Crippen molar-refractivity contribution in [2.75, 3.05) is 7.11 Å². The average Bonchev–Trinajstić information content (AvgIpc) is 2.41. The number of ether oxygens (including phenoxy) is 2. The van der Waals surface area contributed by atoms with E-state index in [2.05, 4.69) is 0 Å². The Morgan fingerprint density at radius 2 is 1.84 bits per heavy atom. The summed E-state index contributed by atoms with van der Waals surface area (Å²) in [5.41, 5.74) is -0.112. The van der Waals surface area contributed by atoms with Crippen LogP contribution in [0.3, 0.4) is 0 Å². The van der Waals surface area contributed by atoms with Gasteiger partial charge < -0.3 is 9.47 Å². The highest BCUT2D eigenvalue weighted by molar-refractivity contribution is 6.30. The van der Waals surface area contributed by atoms with Crippen LogP contribution >= 0.6 is 11.6 Å². The second-order valence-electron chi connectivity index (χ2n) is 3.62. The Balaban J connectivity index is 2.39. The Kier molecular flexibility index (Phi) is 3.87. The highest BCUT2D eigenvalue weighted by atomic mass is 35.5. The maximum Gasteiger partial charge on any atom is 0.311 e. The van der Waals surface area contributed by atoms with Crippen LogP contribution < -0.4 is 9.47 Å². The van der Waals surface area contributed by atoms with E-state index in [1.54, 1.807) is 30.3 Å². The van der Waals surface area contributed by atoms with Crippen LogP contribution in [0, 0.1) is 10.1 Å². The first-order valence-corrected chi connectivity index (χ1v) is 5.74. The summed E-state index contributed by atoms with van der Waals surface area (Å²) < 4.78 is 10.6. The summed E-state index contributed by atoms with van der Waals surface area (Å²) in [5.74, 6) is 0.917. The molecular formula is C13H10ClNO4. The lowest BCUT2D eigenvalue weighted by molar-refractivity contribution is -0.385. The van der Waals surface area contributed by atoms with E-state index < -0.39 is 4.92 Å². The molecule has 0 amide bonds. The normalized spacial score (nSPS) is 10.0. The van der Waals surface area contributed by atoms with E-state index in [0.717, 1.165) is 0 Å². The number of methoxy groups -OCH3 is 1. The second-order valence-corrected chi connectivity index (χ2v) is 4.06. The third-order valence-corrected chi connectivity index (χ3v) is 2.64. The summed E-state index contributed by atoms with van der Waals surface area (Å²) in [7, 11) is 1.47. The molecule has 6 heteroatoms. The van der Waals surface area contributed by atoms with Gasteiger partial charge in [0, 0.05) is 17.2 Å². The number of hydrogen-bond donors (Lipinski definition) is 0. The SMILES string of the molecule is COc1cc(Cl)ccc1Oc1ccccc1[N+](=O)[O-]. The van der Waals surface area contributed by atoms with E-state index in [9.17, 15) is 10.1 Å². The van der Waals surface area contributed by atoms with E-state index in [4.69, 9.17) is 21.1 Å². The quantitative estimate of drug-likeness (QED) is 0.626. The fraction of sp³-hybridized carbons (Fsp3) is 0.0769. The van der Waals surface area contributed by atoms with Crippen molar-refractivity contribution in [2.24, 2.45) is 0 Å². The molecular weight excluding hydrogens is 270 g/mol. The average molecular weight is 280 g/mol. The van der Waals surface area contributed by atoms with Gasteiger partial charge in [-0.3, -0.25) is 10.1 Å². The lowest BCUT2D eigenvalue weighted by atomic mass is 10.3. The van der Waals surface area contributed by atoms with Crippen LogP contribution in [0.25, 0.3) is 0 Å². The summed E-state index contributed by atoms with van der Waals surface area (Å²) in [6.07, 6.45) is 0. The topological polar surface area (TPSA) is 61.6 Å². The van der Waals surface area contributed by atoms with E-state index >= 15 is 0 Å². The fourth-order valence-electron chi connectivity index (χ4n) is 1.54. The zero-order valence-electron chi connectivity index (χ0n) is 10.00. The van der Waals surface area contributed by atoms with Gasteiger partial charge in [-0.2, -0.15) is 0 Å². The minimum atomic E-state index is -0.502. The van der Waals surface area contributed by atoms with Gasteiger partial charge in [0.25, 0.3) is 0 Å². The highest BCUT2D eigenvalue weighted by Gasteiger charge is 2.16. The van der Waals surface area contributed by atoms with Crippen molar-refractivity contribution < 1.29 is 14.4 Å². The maximum atomic E-state index is 10.9. The van der Waals surface area contributed by atoms with Crippen molar-refractivity contribution in [3.63, 3.8) is 0 Å². The van der Waals surface area contributed by atoms with Gasteiger partial charge in [-0.05, 0) is 18.2 Å². The predicted molar refractivity (Wildman–Crippen MR) is 71.2 cm³/mol. The molecule has 0 N–H and O–H groups in total. The molecule has 2 rings (SSSR count). The molecule has 2 aromatic rings. The zero-order valence-corrected chi connectivity index (χ0v) is 10.8. The Hall–Kier alpha value is -2.27. The molecule has 0 spiro atoms. The summed E-state index contributed by atoms with van der Waals surface area (Å²) >= 11 is 5.84. The number of nitro groups is 1. The van der Waals surface area contributed by atoms with Crippen molar-refractivity contribution in [3.05, 3.63) is 57.6 Å². The lowest BCUT2D eigenvalue weighted by Gasteiger charge is -2.10. The number of nitrogens with zero attached hydrogens (tertiary/aromatic N) is 1. The third-order valence-electron chi connectivity index (χ3n) is 2.41. The maximum absolute atomic E-state index is 10.9. The largest absolute Gasteiger partial charge is 0.493 e. The first-order chi connectivity index (χ1) is 9.11. The summed E-state index contributed by atoms with van der Waals surface area (Å²) in [4.78, 5) is 10.4. The highest BCUT2D eigenvalue weighted by Crippen LogP contribution is 2.37. The van der Waals surface area contributed by atoms with Crippen LogP contribution in [0.15, 0.2) is 42.5 Å². The number of nitro benzene ring substituents is 1. The van der Waals surface area contributed by atoms with Crippen LogP contribution in [-0.2, 0) is 0 Å². The summed E-state index contributed by atoms with van der Waals surface area (Å²) in [6, 6.07) is 10.9. The number of rotatable bonds is 4. The first kappa shape index (κ1) is 13.2. The molecule has 0 aliphatic carbocycles. The van der Waals surface area contributed by atoms with Crippen LogP contribution in [0.4, 0.5) is 5.69 Å². The van der Waals surface area contributed by atoms with Crippen molar-refractivity contribution >= 4 is 17.3 Å². The number of halogens is 1. The monoisotopic (exact) mass is 279 g/mol. The third kappa shape index (κ3) is 2.95. The molecule has 98 valence electrons. The molecule has 0 heterocycles. The lowest BCUT2D eigenvalue weighted by Crippen LogP contribution is -1.94. The van der Waals surface area contributed by atoms with Gasteiger partial charge in [-0.1, -0.05) is 23.7 Å². The van der Waals surface area contributed by atoms with Gasteiger partial charge >= 0.3 is 5.69 Å². The molecule has 0 saturated carbocycles. The predicted octanol–water partition coefficient (Wildman–Crippen LogP) is 4.05. The van der Waals surface area contributed by atoms with Gasteiger partial charge in [-0.25, -0.2) is 0 Å². The van der Waals surface area contributed by atoms with Crippen molar-refractivity contribution in [3.8, 4) is 17.2 Å². The molecule has 19 heavy (non-hydrogen) atoms. The minimum absolute atomic E-state index is 0.112. The molecule has 0 atom stereocenters. The van der Waals surface area contributed by atoms with Gasteiger partial charge in [0.1, 0.15) is 0 Å². The van der Waals surface area contributed by atoms with Gasteiger partial charge in [-0.15, -0.1) is 0 Å². The van der Waals surface area contributed by atoms with Crippen LogP contribution in [0.2, 0.25) is 5.02 Å². The Morgan fingerprint density at radius 1 is 1.11 bits per heavy atom. The Bertz CT molecular complexity index is 615. The van der Waals surface area contributed by atoms with Crippen molar-refractivity contribution in [1.29, 1.82) is 0 Å². The Labute approximate surface area is 114 Å². The molecule has 0 saturated heterocycles.